The van der Waals surface area contributed by atoms with Gasteiger partial charge in [-0.15, -0.1) is 0 Å². The highest BCUT2D eigenvalue weighted by atomic mass is 16.2. The Morgan fingerprint density at radius 3 is 2.47 bits per heavy atom. The molecule has 76 valence electrons. The summed E-state index contributed by atoms with van der Waals surface area (Å²) < 4.78 is 0. The summed E-state index contributed by atoms with van der Waals surface area (Å²) in [6, 6.07) is 8.58. The van der Waals surface area contributed by atoms with Crippen molar-refractivity contribution >= 4 is 18.0 Å². The number of rotatable bonds is 2. The van der Waals surface area contributed by atoms with E-state index in [0.717, 1.165) is 5.56 Å². The Morgan fingerprint density at radius 2 is 1.87 bits per heavy atom. The summed E-state index contributed by atoms with van der Waals surface area (Å²) in [4.78, 5) is 22.0. The fourth-order valence-corrected chi connectivity index (χ4v) is 1.34. The first-order valence-corrected chi connectivity index (χ1v) is 4.60. The molecule has 0 radical (unpaired) electrons. The van der Waals surface area contributed by atoms with E-state index in [0.29, 0.717) is 0 Å². The van der Waals surface area contributed by atoms with E-state index in [1.807, 2.05) is 30.3 Å². The molecule has 1 fully saturated rings. The first kappa shape index (κ1) is 9.45. The van der Waals surface area contributed by atoms with Crippen LogP contribution in [0.5, 0.6) is 0 Å². The molecule has 4 heteroatoms. The SMILES string of the molecule is O=C1NC(=O)C(/C=C/c2ccccc2)N1. The number of carbonyl (C=O) groups is 2. The van der Waals surface area contributed by atoms with Crippen molar-refractivity contribution in [3.8, 4) is 0 Å². The summed E-state index contributed by atoms with van der Waals surface area (Å²) in [6.45, 7) is 0. The molecule has 0 aliphatic carbocycles. The molecular weight excluding hydrogens is 192 g/mol. The summed E-state index contributed by atoms with van der Waals surface area (Å²) >= 11 is 0. The third-order valence-corrected chi connectivity index (χ3v) is 2.09. The van der Waals surface area contributed by atoms with Gasteiger partial charge in [-0.25, -0.2) is 4.79 Å². The zero-order chi connectivity index (χ0) is 10.7. The summed E-state index contributed by atoms with van der Waals surface area (Å²) in [6.07, 6.45) is 3.46. The minimum absolute atomic E-state index is 0.313. The van der Waals surface area contributed by atoms with Crippen molar-refractivity contribution in [2.24, 2.45) is 0 Å². The smallest absolute Gasteiger partial charge is 0.322 e. The van der Waals surface area contributed by atoms with Gasteiger partial charge in [0.2, 0.25) is 0 Å². The third kappa shape index (κ3) is 2.22. The van der Waals surface area contributed by atoms with Crippen molar-refractivity contribution in [1.82, 2.24) is 10.6 Å². The zero-order valence-corrected chi connectivity index (χ0v) is 7.94. The maximum Gasteiger partial charge on any atom is 0.322 e. The van der Waals surface area contributed by atoms with Gasteiger partial charge < -0.3 is 5.32 Å². The number of nitrogens with one attached hydrogen (secondary N) is 2. The molecule has 0 spiro atoms. The van der Waals surface area contributed by atoms with Gasteiger partial charge in [0.15, 0.2) is 0 Å². The number of imide groups is 1. The minimum Gasteiger partial charge on any atom is -0.322 e. The molecule has 2 rings (SSSR count). The second kappa shape index (κ2) is 3.96. The fraction of sp³-hybridized carbons (Fsp3) is 0.0909. The lowest BCUT2D eigenvalue weighted by molar-refractivity contribution is -0.119. The van der Waals surface area contributed by atoms with Crippen LogP contribution in [-0.2, 0) is 4.79 Å². The van der Waals surface area contributed by atoms with Crippen LogP contribution < -0.4 is 10.6 Å². The van der Waals surface area contributed by atoms with Crippen LogP contribution in [0.15, 0.2) is 36.4 Å². The van der Waals surface area contributed by atoms with E-state index >= 15 is 0 Å². The molecule has 1 aliphatic heterocycles. The zero-order valence-electron chi connectivity index (χ0n) is 7.94. The fourth-order valence-electron chi connectivity index (χ4n) is 1.34. The molecule has 1 aromatic rings. The maximum absolute atomic E-state index is 11.2. The second-order valence-corrected chi connectivity index (χ2v) is 3.21. The van der Waals surface area contributed by atoms with Crippen LogP contribution >= 0.6 is 0 Å². The van der Waals surface area contributed by atoms with Gasteiger partial charge in [0.25, 0.3) is 5.91 Å². The number of carbonyl (C=O) groups excluding carboxylic acids is 2. The van der Waals surface area contributed by atoms with Crippen molar-refractivity contribution in [1.29, 1.82) is 0 Å². The molecule has 1 unspecified atom stereocenters. The van der Waals surface area contributed by atoms with Gasteiger partial charge >= 0.3 is 6.03 Å². The molecule has 1 aliphatic rings. The lowest BCUT2D eigenvalue weighted by Gasteiger charge is -1.98. The van der Waals surface area contributed by atoms with E-state index in [9.17, 15) is 9.59 Å². The van der Waals surface area contributed by atoms with Crippen molar-refractivity contribution in [3.63, 3.8) is 0 Å². The van der Waals surface area contributed by atoms with Crippen molar-refractivity contribution < 1.29 is 9.59 Å². The van der Waals surface area contributed by atoms with Crippen molar-refractivity contribution in [3.05, 3.63) is 42.0 Å². The third-order valence-electron chi connectivity index (χ3n) is 2.09. The molecule has 4 nitrogen and oxygen atoms in total. The van der Waals surface area contributed by atoms with E-state index in [1.54, 1.807) is 12.2 Å². The van der Waals surface area contributed by atoms with E-state index in [1.165, 1.54) is 0 Å². The number of benzene rings is 1. The quantitative estimate of drug-likeness (QED) is 0.700. The Balaban J connectivity index is 2.06. The van der Waals surface area contributed by atoms with Crippen LogP contribution in [0.25, 0.3) is 6.08 Å². The van der Waals surface area contributed by atoms with Crippen LogP contribution in [-0.4, -0.2) is 18.0 Å². The number of hydrogen-bond acceptors (Lipinski definition) is 2. The molecule has 1 saturated heterocycles. The Hall–Kier alpha value is -2.10. The molecule has 0 saturated carbocycles. The van der Waals surface area contributed by atoms with Gasteiger partial charge in [0.1, 0.15) is 6.04 Å². The highest BCUT2D eigenvalue weighted by Gasteiger charge is 2.26. The standard InChI is InChI=1S/C11H10N2O2/c14-10-9(12-11(15)13-10)7-6-8-4-2-1-3-5-8/h1-7,9H,(H2,12,13,14,15)/b7-6+. The minimum atomic E-state index is -0.558. The van der Waals surface area contributed by atoms with Crippen LogP contribution in [0.1, 0.15) is 5.56 Å². The first-order chi connectivity index (χ1) is 7.25. The van der Waals surface area contributed by atoms with Gasteiger partial charge in [0.05, 0.1) is 0 Å². The van der Waals surface area contributed by atoms with Crippen LogP contribution in [0, 0.1) is 0 Å². The molecule has 3 amide bonds. The molecular formula is C11H10N2O2. The molecule has 1 aromatic carbocycles. The van der Waals surface area contributed by atoms with E-state index in [2.05, 4.69) is 10.6 Å². The van der Waals surface area contributed by atoms with Gasteiger partial charge in [-0.3, -0.25) is 10.1 Å². The first-order valence-electron chi connectivity index (χ1n) is 4.60. The monoisotopic (exact) mass is 202 g/mol. The molecule has 0 bridgehead atoms. The van der Waals surface area contributed by atoms with E-state index in [-0.39, 0.29) is 5.91 Å². The topological polar surface area (TPSA) is 58.2 Å². The number of hydrogen-bond donors (Lipinski definition) is 2. The average molecular weight is 202 g/mol. The molecule has 2 N–H and O–H groups in total. The van der Waals surface area contributed by atoms with Crippen LogP contribution in [0.3, 0.4) is 0 Å². The molecule has 1 atom stereocenters. The van der Waals surface area contributed by atoms with Crippen LogP contribution in [0.2, 0.25) is 0 Å². The predicted octanol–water partition coefficient (Wildman–Crippen LogP) is 0.908. The van der Waals surface area contributed by atoms with E-state index < -0.39 is 12.1 Å². The van der Waals surface area contributed by atoms with Gasteiger partial charge in [-0.1, -0.05) is 42.5 Å². The van der Waals surface area contributed by atoms with Gasteiger partial charge in [-0.2, -0.15) is 0 Å². The number of urea groups is 1. The normalized spacial score (nSPS) is 20.4. The Kier molecular flexibility index (Phi) is 2.49. The molecule has 15 heavy (non-hydrogen) atoms. The number of amides is 3. The Labute approximate surface area is 87.0 Å². The Morgan fingerprint density at radius 1 is 1.13 bits per heavy atom. The summed E-state index contributed by atoms with van der Waals surface area (Å²) in [5.41, 5.74) is 0.992. The summed E-state index contributed by atoms with van der Waals surface area (Å²) in [5.74, 6) is -0.313. The van der Waals surface area contributed by atoms with E-state index in [4.69, 9.17) is 0 Å². The van der Waals surface area contributed by atoms with Gasteiger partial charge in [-0.05, 0) is 5.56 Å². The average Bonchev–Trinajstić information content (AvgIpc) is 2.56. The van der Waals surface area contributed by atoms with Gasteiger partial charge in [0, 0.05) is 0 Å². The highest BCUT2D eigenvalue weighted by Crippen LogP contribution is 2.03. The molecule has 1 heterocycles. The highest BCUT2D eigenvalue weighted by molar-refractivity contribution is 6.05. The largest absolute Gasteiger partial charge is 0.322 e. The predicted molar refractivity (Wildman–Crippen MR) is 55.9 cm³/mol. The van der Waals surface area contributed by atoms with Crippen LogP contribution in [0.4, 0.5) is 4.79 Å². The van der Waals surface area contributed by atoms with Crippen molar-refractivity contribution in [2.75, 3.05) is 0 Å². The Bertz CT molecular complexity index is 412. The summed E-state index contributed by atoms with van der Waals surface area (Å²) in [5, 5.41) is 4.65. The van der Waals surface area contributed by atoms with Crippen molar-refractivity contribution in [2.45, 2.75) is 6.04 Å². The lowest BCUT2D eigenvalue weighted by Crippen LogP contribution is -2.26. The second-order valence-electron chi connectivity index (χ2n) is 3.21. The molecule has 0 aromatic heterocycles. The summed E-state index contributed by atoms with van der Waals surface area (Å²) in [7, 11) is 0. The maximum atomic E-state index is 11.2. The lowest BCUT2D eigenvalue weighted by atomic mass is 10.2.